The van der Waals surface area contributed by atoms with E-state index in [1.54, 1.807) is 11.8 Å². The molecule has 1 aliphatic rings. The van der Waals surface area contributed by atoms with Gasteiger partial charge >= 0.3 is 0 Å². The summed E-state index contributed by atoms with van der Waals surface area (Å²) in [6, 6.07) is 0. The number of rotatable bonds is 5. The Balaban J connectivity index is 2.04. The molecule has 2 atom stereocenters. The molecule has 7 heteroatoms. The van der Waals surface area contributed by atoms with Crippen LogP contribution in [0.5, 0.6) is 0 Å². The molecule has 0 radical (unpaired) electrons. The van der Waals surface area contributed by atoms with E-state index in [9.17, 15) is 4.79 Å². The number of primary amides is 1. The molecule has 4 N–H and O–H groups in total. The molecule has 1 amide bonds. The first-order chi connectivity index (χ1) is 8.66. The zero-order valence-corrected chi connectivity index (χ0v) is 11.3. The standard InChI is InChI=1S/C11H19N5OS/c1-2-14-11(9(12)17)5-3-4-8(6-11)18-10-13-7-15-16-10/h7-8,14H,2-6H2,1H3,(H2,12,17)(H,13,15,16). The monoisotopic (exact) mass is 269 g/mol. The van der Waals surface area contributed by atoms with Crippen LogP contribution >= 0.6 is 11.8 Å². The number of nitrogens with zero attached hydrogens (tertiary/aromatic N) is 2. The summed E-state index contributed by atoms with van der Waals surface area (Å²) in [5, 5.41) is 11.1. The van der Waals surface area contributed by atoms with Gasteiger partial charge < -0.3 is 11.1 Å². The van der Waals surface area contributed by atoms with Crippen molar-refractivity contribution >= 4 is 17.7 Å². The predicted molar refractivity (Wildman–Crippen MR) is 70.1 cm³/mol. The number of carbonyl (C=O) groups excluding carboxylic acids is 1. The van der Waals surface area contributed by atoms with Gasteiger partial charge in [-0.25, -0.2) is 4.98 Å². The van der Waals surface area contributed by atoms with Crippen LogP contribution in [0.15, 0.2) is 11.5 Å². The zero-order chi connectivity index (χ0) is 13.0. The van der Waals surface area contributed by atoms with Gasteiger partial charge in [0, 0.05) is 5.25 Å². The number of likely N-dealkylation sites (N-methyl/N-ethyl adjacent to an activating group) is 1. The minimum atomic E-state index is -0.551. The lowest BCUT2D eigenvalue weighted by molar-refractivity contribution is -0.125. The predicted octanol–water partition coefficient (Wildman–Crippen LogP) is 0.673. The third-order valence-corrected chi connectivity index (χ3v) is 4.52. The topological polar surface area (TPSA) is 96.7 Å². The van der Waals surface area contributed by atoms with E-state index in [0.717, 1.165) is 37.4 Å². The maximum absolute atomic E-state index is 11.7. The molecule has 0 aliphatic heterocycles. The molecular formula is C11H19N5OS. The molecule has 0 saturated heterocycles. The highest BCUT2D eigenvalue weighted by atomic mass is 32.2. The van der Waals surface area contributed by atoms with Crippen LogP contribution in [0.25, 0.3) is 0 Å². The first-order valence-electron chi connectivity index (χ1n) is 6.23. The van der Waals surface area contributed by atoms with Crippen LogP contribution in [0.1, 0.15) is 32.6 Å². The fraction of sp³-hybridized carbons (Fsp3) is 0.727. The van der Waals surface area contributed by atoms with Crippen LogP contribution in [0.2, 0.25) is 0 Å². The Labute approximate surface area is 111 Å². The largest absolute Gasteiger partial charge is 0.368 e. The molecule has 2 unspecified atom stereocenters. The third kappa shape index (κ3) is 2.84. The van der Waals surface area contributed by atoms with E-state index >= 15 is 0 Å². The van der Waals surface area contributed by atoms with Crippen molar-refractivity contribution in [1.29, 1.82) is 0 Å². The molecule has 1 saturated carbocycles. The van der Waals surface area contributed by atoms with Crippen LogP contribution < -0.4 is 11.1 Å². The summed E-state index contributed by atoms with van der Waals surface area (Å²) in [5.41, 5.74) is 5.03. The highest BCUT2D eigenvalue weighted by Gasteiger charge is 2.41. The second-order valence-corrected chi connectivity index (χ2v) is 5.89. The van der Waals surface area contributed by atoms with E-state index in [1.165, 1.54) is 6.33 Å². The summed E-state index contributed by atoms with van der Waals surface area (Å²) in [7, 11) is 0. The molecule has 1 aromatic heterocycles. The number of hydrogen-bond donors (Lipinski definition) is 3. The lowest BCUT2D eigenvalue weighted by atomic mass is 9.80. The maximum Gasteiger partial charge on any atom is 0.237 e. The lowest BCUT2D eigenvalue weighted by Crippen LogP contribution is -2.58. The number of H-pyrrole nitrogens is 1. The average molecular weight is 269 g/mol. The van der Waals surface area contributed by atoms with Gasteiger partial charge in [0.25, 0.3) is 0 Å². The summed E-state index contributed by atoms with van der Waals surface area (Å²) in [6.45, 7) is 2.75. The number of carbonyl (C=O) groups is 1. The molecule has 0 aromatic carbocycles. The Kier molecular flexibility index (Phi) is 4.23. The Morgan fingerprint density at radius 1 is 1.78 bits per heavy atom. The number of aromatic nitrogens is 3. The van der Waals surface area contributed by atoms with Crippen LogP contribution in [-0.4, -0.2) is 38.4 Å². The Hall–Kier alpha value is -1.08. The van der Waals surface area contributed by atoms with Crippen molar-refractivity contribution in [1.82, 2.24) is 20.5 Å². The fourth-order valence-corrected chi connectivity index (χ4v) is 3.73. The molecule has 100 valence electrons. The molecule has 18 heavy (non-hydrogen) atoms. The van der Waals surface area contributed by atoms with Gasteiger partial charge in [-0.05, 0) is 32.2 Å². The van der Waals surface area contributed by atoms with Crippen molar-refractivity contribution in [2.75, 3.05) is 6.54 Å². The summed E-state index contributed by atoms with van der Waals surface area (Å²) >= 11 is 1.64. The van der Waals surface area contributed by atoms with Crippen molar-refractivity contribution in [3.8, 4) is 0 Å². The highest BCUT2D eigenvalue weighted by Crippen LogP contribution is 2.37. The fourth-order valence-electron chi connectivity index (χ4n) is 2.54. The molecule has 0 spiro atoms. The quantitative estimate of drug-likeness (QED) is 0.730. The Bertz CT molecular complexity index is 392. The van der Waals surface area contributed by atoms with Crippen molar-refractivity contribution in [3.05, 3.63) is 6.33 Å². The lowest BCUT2D eigenvalue weighted by Gasteiger charge is -2.38. The van der Waals surface area contributed by atoms with Gasteiger partial charge in [0.2, 0.25) is 5.91 Å². The van der Waals surface area contributed by atoms with Gasteiger partial charge in [0.15, 0.2) is 5.16 Å². The zero-order valence-electron chi connectivity index (χ0n) is 10.5. The molecule has 6 nitrogen and oxygen atoms in total. The number of hydrogen-bond acceptors (Lipinski definition) is 5. The number of nitrogens with one attached hydrogen (secondary N) is 2. The van der Waals surface area contributed by atoms with Gasteiger partial charge in [-0.1, -0.05) is 18.7 Å². The summed E-state index contributed by atoms with van der Waals surface area (Å²) < 4.78 is 0. The molecule has 1 fully saturated rings. The maximum atomic E-state index is 11.7. The SMILES string of the molecule is CCNC1(C(N)=O)CCCC(Sc2ncn[nH]2)C1. The minimum absolute atomic E-state index is 0.243. The van der Waals surface area contributed by atoms with Crippen LogP contribution in [-0.2, 0) is 4.79 Å². The molecule has 0 bridgehead atoms. The smallest absolute Gasteiger partial charge is 0.237 e. The second kappa shape index (κ2) is 5.71. The van der Waals surface area contributed by atoms with E-state index < -0.39 is 5.54 Å². The van der Waals surface area contributed by atoms with E-state index in [0.29, 0.717) is 5.25 Å². The van der Waals surface area contributed by atoms with Crippen molar-refractivity contribution in [2.24, 2.45) is 5.73 Å². The second-order valence-electron chi connectivity index (χ2n) is 4.60. The number of nitrogens with two attached hydrogens (primary N) is 1. The van der Waals surface area contributed by atoms with Crippen molar-refractivity contribution < 1.29 is 4.79 Å². The van der Waals surface area contributed by atoms with E-state index in [-0.39, 0.29) is 5.91 Å². The molecular weight excluding hydrogens is 250 g/mol. The number of amides is 1. The molecule has 2 rings (SSSR count). The van der Waals surface area contributed by atoms with E-state index in [2.05, 4.69) is 20.5 Å². The summed E-state index contributed by atoms with van der Waals surface area (Å²) in [4.78, 5) is 15.8. The number of aromatic amines is 1. The Morgan fingerprint density at radius 2 is 2.61 bits per heavy atom. The van der Waals surface area contributed by atoms with Crippen LogP contribution in [0.4, 0.5) is 0 Å². The Morgan fingerprint density at radius 3 is 3.22 bits per heavy atom. The van der Waals surface area contributed by atoms with E-state index in [1.807, 2.05) is 6.92 Å². The summed E-state index contributed by atoms with van der Waals surface area (Å²) in [5.74, 6) is -0.243. The normalized spacial score (nSPS) is 28.2. The third-order valence-electron chi connectivity index (χ3n) is 3.36. The molecule has 1 aromatic rings. The van der Waals surface area contributed by atoms with Crippen molar-refractivity contribution in [2.45, 2.75) is 48.6 Å². The number of thioether (sulfide) groups is 1. The van der Waals surface area contributed by atoms with Crippen molar-refractivity contribution in [3.63, 3.8) is 0 Å². The van der Waals surface area contributed by atoms with Gasteiger partial charge in [0.1, 0.15) is 6.33 Å². The summed E-state index contributed by atoms with van der Waals surface area (Å²) in [6.07, 6.45) is 5.15. The van der Waals surface area contributed by atoms with Gasteiger partial charge in [-0.15, -0.1) is 0 Å². The first kappa shape index (κ1) is 13.4. The van der Waals surface area contributed by atoms with Crippen LogP contribution in [0.3, 0.4) is 0 Å². The highest BCUT2D eigenvalue weighted by molar-refractivity contribution is 7.99. The molecule has 1 aliphatic carbocycles. The van der Waals surface area contributed by atoms with Gasteiger partial charge in [-0.2, -0.15) is 5.10 Å². The van der Waals surface area contributed by atoms with Gasteiger partial charge in [-0.3, -0.25) is 9.89 Å². The molecule has 1 heterocycles. The first-order valence-corrected chi connectivity index (χ1v) is 7.11. The van der Waals surface area contributed by atoms with E-state index in [4.69, 9.17) is 5.73 Å². The average Bonchev–Trinajstić information content (AvgIpc) is 2.82. The van der Waals surface area contributed by atoms with Crippen LogP contribution in [0, 0.1) is 0 Å². The minimum Gasteiger partial charge on any atom is -0.368 e. The van der Waals surface area contributed by atoms with Gasteiger partial charge in [0.05, 0.1) is 5.54 Å².